The highest BCUT2D eigenvalue weighted by molar-refractivity contribution is 6.30. The number of hydrogen-bond donors (Lipinski definition) is 0. The van der Waals surface area contributed by atoms with E-state index in [1.54, 1.807) is 19.2 Å². The Morgan fingerprint density at radius 1 is 1.36 bits per heavy atom. The molecule has 0 saturated carbocycles. The minimum Gasteiger partial charge on any atom is -0.269 e. The van der Waals surface area contributed by atoms with E-state index in [9.17, 15) is 0 Å². The molecule has 4 nitrogen and oxygen atoms in total. The van der Waals surface area contributed by atoms with E-state index in [1.807, 2.05) is 6.07 Å². The van der Waals surface area contributed by atoms with Crippen LogP contribution >= 0.6 is 11.6 Å². The van der Waals surface area contributed by atoms with Gasteiger partial charge in [-0.3, -0.25) is 19.2 Å². The molecule has 3 fully saturated rings. The highest BCUT2D eigenvalue weighted by Gasteiger charge is 2.72. The maximum atomic E-state index is 5.71. The summed E-state index contributed by atoms with van der Waals surface area (Å²) in [7, 11) is 0. The third-order valence-electron chi connectivity index (χ3n) is 2.21. The van der Waals surface area contributed by atoms with Crippen LogP contribution in [0.5, 0.6) is 0 Å². The molecule has 0 N–H and O–H groups in total. The zero-order valence-corrected chi connectivity index (χ0v) is 8.25. The van der Waals surface area contributed by atoms with Gasteiger partial charge in [-0.25, -0.2) is 0 Å². The lowest BCUT2D eigenvalue weighted by atomic mass is 10.2. The van der Waals surface area contributed by atoms with Crippen LogP contribution in [0.4, 0.5) is 0 Å². The van der Waals surface area contributed by atoms with Gasteiger partial charge in [-0.2, -0.15) is 0 Å². The van der Waals surface area contributed by atoms with Crippen molar-refractivity contribution < 1.29 is 14.2 Å². The van der Waals surface area contributed by atoms with Gasteiger partial charge in [0.1, 0.15) is 0 Å². The van der Waals surface area contributed by atoms with Crippen molar-refractivity contribution in [2.75, 3.05) is 0 Å². The Bertz CT molecular complexity index is 358. The summed E-state index contributed by atoms with van der Waals surface area (Å²) in [5.74, 6) is -1.68. The summed E-state index contributed by atoms with van der Waals surface area (Å²) < 4.78 is 16.0. The van der Waals surface area contributed by atoms with Gasteiger partial charge in [-0.15, -0.1) is 0 Å². The van der Waals surface area contributed by atoms with Gasteiger partial charge in [0.05, 0.1) is 11.4 Å². The Kier molecular flexibility index (Phi) is 1.52. The van der Waals surface area contributed by atoms with Gasteiger partial charge in [0.25, 0.3) is 5.97 Å². The Balaban J connectivity index is 1.71. The monoisotopic (exact) mass is 213 g/mol. The molecule has 0 atom stereocenters. The second-order valence-electron chi connectivity index (χ2n) is 3.50. The first-order valence-corrected chi connectivity index (χ1v) is 4.68. The van der Waals surface area contributed by atoms with Gasteiger partial charge < -0.3 is 0 Å². The number of aromatic nitrogens is 1. The molecule has 0 aliphatic carbocycles. The largest absolute Gasteiger partial charge is 0.301 e. The van der Waals surface area contributed by atoms with Crippen LogP contribution in [0.25, 0.3) is 0 Å². The smallest absolute Gasteiger partial charge is 0.269 e. The lowest BCUT2D eigenvalue weighted by Crippen LogP contribution is -2.79. The average molecular weight is 214 g/mol. The Morgan fingerprint density at radius 2 is 2.07 bits per heavy atom. The topological polar surface area (TPSA) is 40.6 Å². The molecule has 3 aliphatic rings. The van der Waals surface area contributed by atoms with Gasteiger partial charge in [0, 0.05) is 18.8 Å². The zero-order chi connectivity index (χ0) is 9.81. The van der Waals surface area contributed by atoms with E-state index < -0.39 is 11.9 Å². The standard InChI is InChI=1S/C9H8ClNO3/c1-8-12-9(13-8,14-8)4-7-3-2-6(10)5-11-7/h2-3,5H,4H2,1H3. The summed E-state index contributed by atoms with van der Waals surface area (Å²) in [5.41, 5.74) is 0.830. The van der Waals surface area contributed by atoms with Crippen molar-refractivity contribution >= 4 is 11.6 Å². The van der Waals surface area contributed by atoms with Crippen LogP contribution in [0.15, 0.2) is 18.3 Å². The van der Waals surface area contributed by atoms with Crippen molar-refractivity contribution in [1.29, 1.82) is 0 Å². The molecule has 3 aliphatic heterocycles. The van der Waals surface area contributed by atoms with Gasteiger partial charge in [-0.05, 0) is 12.1 Å². The SMILES string of the molecule is CC12OC(Cc3ccc(Cl)cn3)(O1)O2. The van der Waals surface area contributed by atoms with E-state index in [0.29, 0.717) is 11.4 Å². The van der Waals surface area contributed by atoms with Crippen molar-refractivity contribution in [2.24, 2.45) is 0 Å². The summed E-state index contributed by atoms with van der Waals surface area (Å²) in [6, 6.07) is 3.60. The van der Waals surface area contributed by atoms with Crippen LogP contribution < -0.4 is 0 Å². The molecule has 1 aromatic rings. The number of nitrogens with zero attached hydrogens (tertiary/aromatic N) is 1. The predicted octanol–water partition coefficient (Wildman–Crippen LogP) is 1.68. The predicted molar refractivity (Wildman–Crippen MR) is 47.3 cm³/mol. The van der Waals surface area contributed by atoms with Crippen LogP contribution in [0.1, 0.15) is 12.6 Å². The summed E-state index contributed by atoms with van der Waals surface area (Å²) >= 11 is 5.71. The molecule has 1 aromatic heterocycles. The van der Waals surface area contributed by atoms with E-state index >= 15 is 0 Å². The molecule has 3 saturated heterocycles. The third kappa shape index (κ3) is 1.15. The Hall–Kier alpha value is -0.680. The normalized spacial score (nSPS) is 38.7. The van der Waals surface area contributed by atoms with Gasteiger partial charge in [0.15, 0.2) is 0 Å². The maximum absolute atomic E-state index is 5.71. The van der Waals surface area contributed by atoms with Crippen LogP contribution in [0, 0.1) is 0 Å². The quantitative estimate of drug-likeness (QED) is 0.750. The van der Waals surface area contributed by atoms with E-state index in [0.717, 1.165) is 5.69 Å². The molecule has 0 spiro atoms. The summed E-state index contributed by atoms with van der Waals surface area (Å²) in [6.07, 6.45) is 2.07. The molecule has 0 amide bonds. The maximum Gasteiger partial charge on any atom is 0.301 e. The number of hydrogen-bond acceptors (Lipinski definition) is 4. The minimum absolute atomic E-state index is 0.486. The Morgan fingerprint density at radius 3 is 2.57 bits per heavy atom. The molecular weight excluding hydrogens is 206 g/mol. The molecule has 14 heavy (non-hydrogen) atoms. The van der Waals surface area contributed by atoms with E-state index in [-0.39, 0.29) is 0 Å². The molecule has 5 heteroatoms. The lowest BCUT2D eigenvalue weighted by molar-refractivity contribution is -0.787. The van der Waals surface area contributed by atoms with Crippen LogP contribution in [0.3, 0.4) is 0 Å². The summed E-state index contributed by atoms with van der Waals surface area (Å²) in [4.78, 5) is 4.12. The Labute approximate surface area is 85.7 Å². The molecule has 0 aromatic carbocycles. The molecule has 0 unspecified atom stereocenters. The number of rotatable bonds is 2. The second kappa shape index (κ2) is 2.46. The molecule has 74 valence electrons. The molecule has 4 heterocycles. The van der Waals surface area contributed by atoms with Gasteiger partial charge in [-0.1, -0.05) is 11.6 Å². The molecule has 2 bridgehead atoms. The molecular formula is C9H8ClNO3. The van der Waals surface area contributed by atoms with E-state index in [2.05, 4.69) is 4.98 Å². The minimum atomic E-state index is -0.879. The van der Waals surface area contributed by atoms with Gasteiger partial charge in [0.2, 0.25) is 0 Å². The number of pyridine rings is 1. The first-order chi connectivity index (χ1) is 6.59. The second-order valence-corrected chi connectivity index (χ2v) is 3.93. The van der Waals surface area contributed by atoms with Crippen LogP contribution in [-0.4, -0.2) is 16.9 Å². The van der Waals surface area contributed by atoms with E-state index in [4.69, 9.17) is 25.8 Å². The molecule has 4 rings (SSSR count). The fourth-order valence-electron chi connectivity index (χ4n) is 1.71. The first-order valence-electron chi connectivity index (χ1n) is 4.30. The fraction of sp³-hybridized carbons (Fsp3) is 0.444. The van der Waals surface area contributed by atoms with Crippen molar-refractivity contribution in [3.8, 4) is 0 Å². The highest BCUT2D eigenvalue weighted by Crippen LogP contribution is 2.55. The van der Waals surface area contributed by atoms with Crippen molar-refractivity contribution in [2.45, 2.75) is 25.3 Å². The average Bonchev–Trinajstić information content (AvgIpc) is 2.04. The highest BCUT2D eigenvalue weighted by atomic mass is 35.5. The van der Waals surface area contributed by atoms with Crippen molar-refractivity contribution in [1.82, 2.24) is 4.98 Å². The van der Waals surface area contributed by atoms with Crippen LogP contribution in [-0.2, 0) is 20.6 Å². The van der Waals surface area contributed by atoms with Gasteiger partial charge >= 0.3 is 5.97 Å². The van der Waals surface area contributed by atoms with Crippen molar-refractivity contribution in [3.05, 3.63) is 29.0 Å². The molecule has 0 radical (unpaired) electrons. The summed E-state index contributed by atoms with van der Waals surface area (Å²) in [6.45, 7) is 1.73. The fourth-order valence-corrected chi connectivity index (χ4v) is 1.82. The first kappa shape index (κ1) is 8.61. The number of halogens is 1. The van der Waals surface area contributed by atoms with Crippen molar-refractivity contribution in [3.63, 3.8) is 0 Å². The van der Waals surface area contributed by atoms with E-state index in [1.165, 1.54) is 0 Å². The zero-order valence-electron chi connectivity index (χ0n) is 7.49. The lowest BCUT2D eigenvalue weighted by Gasteiger charge is -2.64. The third-order valence-corrected chi connectivity index (χ3v) is 2.43. The summed E-state index contributed by atoms with van der Waals surface area (Å²) in [5, 5.41) is 0.612. The number of ether oxygens (including phenoxy) is 3. The van der Waals surface area contributed by atoms with Crippen LogP contribution in [0.2, 0.25) is 5.02 Å².